The molecule has 3 nitrogen and oxygen atoms in total. The van der Waals surface area contributed by atoms with Crippen LogP contribution in [0.2, 0.25) is 0 Å². The van der Waals surface area contributed by atoms with Crippen LogP contribution in [0.25, 0.3) is 22.3 Å². The Bertz CT molecular complexity index is 2340. The van der Waals surface area contributed by atoms with E-state index in [2.05, 4.69) is 194 Å². The van der Waals surface area contributed by atoms with Gasteiger partial charge in [-0.15, -0.1) is 0 Å². The van der Waals surface area contributed by atoms with Crippen LogP contribution in [0.5, 0.6) is 11.5 Å². The molecule has 49 heavy (non-hydrogen) atoms. The molecule has 0 amide bonds. The van der Waals surface area contributed by atoms with Gasteiger partial charge in [0, 0.05) is 16.7 Å². The maximum Gasteiger partial charge on any atom is 0.175 e. The number of aryl methyl sites for hydroxylation is 1. The van der Waals surface area contributed by atoms with Crippen LogP contribution in [0.3, 0.4) is 0 Å². The van der Waals surface area contributed by atoms with Crippen molar-refractivity contribution in [1.82, 2.24) is 0 Å². The molecule has 2 aliphatic heterocycles. The molecule has 0 fully saturated rings. The minimum atomic E-state index is -0.233. The largest absolute Gasteiger partial charge is 0.451 e. The smallest absolute Gasteiger partial charge is 0.175 e. The zero-order valence-corrected chi connectivity index (χ0v) is 27.9. The molecule has 0 aliphatic carbocycles. The van der Waals surface area contributed by atoms with Gasteiger partial charge in [-0.25, -0.2) is 0 Å². The summed E-state index contributed by atoms with van der Waals surface area (Å²) in [5.74, 6) is 1.71. The Morgan fingerprint density at radius 3 is 1.94 bits per heavy atom. The van der Waals surface area contributed by atoms with Crippen molar-refractivity contribution in [3.8, 4) is 33.8 Å². The lowest BCUT2D eigenvalue weighted by Crippen LogP contribution is -2.33. The maximum atomic E-state index is 7.12. The number of anilines is 6. The van der Waals surface area contributed by atoms with Gasteiger partial charge in [0.05, 0.1) is 28.4 Å². The second-order valence-electron chi connectivity index (χ2n) is 13.4. The first kappa shape index (κ1) is 29.1. The third-order valence-electron chi connectivity index (χ3n) is 10.2. The number of hydrogen-bond donors (Lipinski definition) is 0. The van der Waals surface area contributed by atoms with E-state index in [9.17, 15) is 0 Å². The number of nitrogens with zero attached hydrogens (tertiary/aromatic N) is 2. The van der Waals surface area contributed by atoms with Gasteiger partial charge in [0.2, 0.25) is 0 Å². The van der Waals surface area contributed by atoms with Crippen molar-refractivity contribution in [1.29, 1.82) is 0 Å². The molecule has 236 valence electrons. The molecule has 0 saturated carbocycles. The van der Waals surface area contributed by atoms with E-state index in [1.54, 1.807) is 0 Å². The van der Waals surface area contributed by atoms with Crippen molar-refractivity contribution < 1.29 is 4.74 Å². The molecule has 0 radical (unpaired) electrons. The van der Waals surface area contributed by atoms with Gasteiger partial charge in [0.1, 0.15) is 0 Å². The fraction of sp³-hybridized carbons (Fsp3) is 0.0870. The summed E-state index contributed by atoms with van der Waals surface area (Å²) in [4.78, 5) is 4.82. The van der Waals surface area contributed by atoms with Gasteiger partial charge in [-0.2, -0.15) is 0 Å². The fourth-order valence-electron chi connectivity index (χ4n) is 7.74. The van der Waals surface area contributed by atoms with Crippen molar-refractivity contribution in [2.24, 2.45) is 0 Å². The van der Waals surface area contributed by atoms with Crippen molar-refractivity contribution in [2.45, 2.75) is 26.2 Å². The average molecular weight is 633 g/mol. The molecule has 0 aromatic heterocycles. The summed E-state index contributed by atoms with van der Waals surface area (Å²) < 4.78 is 7.12. The third kappa shape index (κ3) is 4.57. The quantitative estimate of drug-likeness (QED) is 0.188. The van der Waals surface area contributed by atoms with Crippen LogP contribution >= 0.6 is 0 Å². The minimum Gasteiger partial charge on any atom is -0.451 e. The third-order valence-corrected chi connectivity index (χ3v) is 10.2. The van der Waals surface area contributed by atoms with Gasteiger partial charge in [0.25, 0.3) is 0 Å². The Morgan fingerprint density at radius 2 is 1.16 bits per heavy atom. The van der Waals surface area contributed by atoms with Gasteiger partial charge >= 0.3 is 0 Å². The summed E-state index contributed by atoms with van der Waals surface area (Å²) in [5.41, 5.74) is 14.7. The molecule has 0 unspecified atom stereocenters. The first-order valence-corrected chi connectivity index (χ1v) is 17.0. The second kappa shape index (κ2) is 11.3. The summed E-state index contributed by atoms with van der Waals surface area (Å²) in [5, 5.41) is 0. The van der Waals surface area contributed by atoms with E-state index in [4.69, 9.17) is 4.74 Å². The van der Waals surface area contributed by atoms with Gasteiger partial charge in [-0.05, 0) is 76.7 Å². The zero-order chi connectivity index (χ0) is 33.1. The standard InChI is InChI=1S/C46H36N2O/c1-31-15-14-24-42-43(31)48-40-23-13-11-21-37(40)46(2,3)38-29-30-41(45(49-42)44(38)48)47(35-27-25-33(26-28-35)32-16-6-4-7-17-32)39-22-12-10-20-36(39)34-18-8-5-9-19-34/h4-30H,1-3H3. The molecular weight excluding hydrogens is 597 g/mol. The van der Waals surface area contributed by atoms with Crippen molar-refractivity contribution in [3.05, 3.63) is 180 Å². The van der Waals surface area contributed by atoms with E-state index in [0.29, 0.717) is 0 Å². The number of ether oxygens (including phenoxy) is 1. The molecular formula is C46H36N2O. The molecule has 0 saturated heterocycles. The SMILES string of the molecule is Cc1cccc2c1N1c3ccccc3C(C)(C)c3ccc(N(c4ccc(-c5ccccc5)cc4)c4ccccc4-c4ccccc4)c(c31)O2. The predicted octanol–water partition coefficient (Wildman–Crippen LogP) is 13.0. The number of hydrogen-bond acceptors (Lipinski definition) is 3. The van der Waals surface area contributed by atoms with Crippen molar-refractivity contribution in [2.75, 3.05) is 9.80 Å². The molecule has 7 aromatic carbocycles. The van der Waals surface area contributed by atoms with Crippen molar-refractivity contribution >= 4 is 34.1 Å². The Balaban J connectivity index is 1.32. The maximum absolute atomic E-state index is 7.12. The summed E-state index contributed by atoms with van der Waals surface area (Å²) in [6.45, 7) is 6.84. The summed E-state index contributed by atoms with van der Waals surface area (Å²) in [6.07, 6.45) is 0. The lowest BCUT2D eigenvalue weighted by Gasteiger charge is -2.46. The Morgan fingerprint density at radius 1 is 0.510 bits per heavy atom. The number of fused-ring (bicyclic) bond motifs is 4. The Kier molecular flexibility index (Phi) is 6.70. The highest BCUT2D eigenvalue weighted by atomic mass is 16.5. The van der Waals surface area contributed by atoms with Crippen LogP contribution in [0.1, 0.15) is 30.5 Å². The Labute approximate surface area is 288 Å². The van der Waals surface area contributed by atoms with Crippen LogP contribution in [0.15, 0.2) is 164 Å². The summed E-state index contributed by atoms with van der Waals surface area (Å²) in [7, 11) is 0. The molecule has 2 aliphatic rings. The van der Waals surface area contributed by atoms with E-state index >= 15 is 0 Å². The fourth-order valence-corrected chi connectivity index (χ4v) is 7.74. The lowest BCUT2D eigenvalue weighted by atomic mass is 9.73. The molecule has 3 heteroatoms. The first-order chi connectivity index (χ1) is 24.0. The predicted molar refractivity (Wildman–Crippen MR) is 204 cm³/mol. The zero-order valence-electron chi connectivity index (χ0n) is 27.9. The number of rotatable bonds is 5. The summed E-state index contributed by atoms with van der Waals surface area (Å²) >= 11 is 0. The minimum absolute atomic E-state index is 0.233. The van der Waals surface area contributed by atoms with E-state index < -0.39 is 0 Å². The molecule has 0 spiro atoms. The van der Waals surface area contributed by atoms with Crippen LogP contribution in [-0.2, 0) is 5.41 Å². The lowest BCUT2D eigenvalue weighted by molar-refractivity contribution is 0.472. The molecule has 0 N–H and O–H groups in total. The normalized spacial score (nSPS) is 13.5. The monoisotopic (exact) mass is 632 g/mol. The van der Waals surface area contributed by atoms with Gasteiger partial charge in [0.15, 0.2) is 11.5 Å². The highest BCUT2D eigenvalue weighted by Gasteiger charge is 2.43. The van der Waals surface area contributed by atoms with Crippen LogP contribution < -0.4 is 14.5 Å². The van der Waals surface area contributed by atoms with Crippen LogP contribution in [-0.4, -0.2) is 0 Å². The summed E-state index contributed by atoms with van der Waals surface area (Å²) in [6, 6.07) is 58.6. The van der Waals surface area contributed by atoms with E-state index in [0.717, 1.165) is 51.1 Å². The highest BCUT2D eigenvalue weighted by molar-refractivity contribution is 6.00. The van der Waals surface area contributed by atoms with Gasteiger partial charge in [-0.1, -0.05) is 141 Å². The van der Waals surface area contributed by atoms with Crippen molar-refractivity contribution in [3.63, 3.8) is 0 Å². The van der Waals surface area contributed by atoms with E-state index in [-0.39, 0.29) is 5.41 Å². The van der Waals surface area contributed by atoms with E-state index in [1.807, 2.05) is 0 Å². The topological polar surface area (TPSA) is 15.7 Å². The highest BCUT2D eigenvalue weighted by Crippen LogP contribution is 2.63. The molecule has 7 aromatic rings. The molecule has 9 rings (SSSR count). The van der Waals surface area contributed by atoms with Gasteiger partial charge < -0.3 is 14.5 Å². The first-order valence-electron chi connectivity index (χ1n) is 17.0. The van der Waals surface area contributed by atoms with Crippen LogP contribution in [0, 0.1) is 6.92 Å². The number of para-hydroxylation sites is 3. The second-order valence-corrected chi connectivity index (χ2v) is 13.4. The number of benzene rings is 7. The molecule has 0 bridgehead atoms. The van der Waals surface area contributed by atoms with Gasteiger partial charge in [-0.3, -0.25) is 0 Å². The Hall–Kier alpha value is -6.06. The molecule has 0 atom stereocenters. The van der Waals surface area contributed by atoms with E-state index in [1.165, 1.54) is 33.5 Å². The molecule has 2 heterocycles. The average Bonchev–Trinajstić information content (AvgIpc) is 3.15. The van der Waals surface area contributed by atoms with Crippen LogP contribution in [0.4, 0.5) is 34.1 Å².